The van der Waals surface area contributed by atoms with Crippen LogP contribution in [0.3, 0.4) is 0 Å². The zero-order valence-corrected chi connectivity index (χ0v) is 6.91. The Morgan fingerprint density at radius 1 is 1.00 bits per heavy atom. The van der Waals surface area contributed by atoms with Gasteiger partial charge in [0.1, 0.15) is 0 Å². The number of alkyl halides is 7. The predicted molar refractivity (Wildman–Crippen MR) is 29.9 cm³/mol. The van der Waals surface area contributed by atoms with E-state index in [2.05, 4.69) is 0 Å². The maximum absolute atomic E-state index is 12.3. The third kappa shape index (κ3) is 2.32. The van der Waals surface area contributed by atoms with Gasteiger partial charge in [0, 0.05) is 5.34 Å². The van der Waals surface area contributed by atoms with Crippen molar-refractivity contribution < 1.29 is 44.5 Å². The van der Waals surface area contributed by atoms with Crippen LogP contribution in [-0.4, -0.2) is 35.7 Å². The quantitative estimate of drug-likeness (QED) is 0.563. The van der Waals surface area contributed by atoms with Gasteiger partial charge < -0.3 is 0 Å². The van der Waals surface area contributed by atoms with Crippen LogP contribution in [0.15, 0.2) is 0 Å². The highest BCUT2D eigenvalue weighted by Crippen LogP contribution is 2.41. The summed E-state index contributed by atoms with van der Waals surface area (Å²) in [6.07, 6.45) is -9.30. The summed E-state index contributed by atoms with van der Waals surface area (Å²) in [7, 11) is 0. The summed E-state index contributed by atoms with van der Waals surface area (Å²) >= 11 is 0. The van der Waals surface area contributed by atoms with Crippen molar-refractivity contribution in [1.29, 1.82) is 0 Å². The molecule has 0 aliphatic carbocycles. The fraction of sp³-hybridized carbons (Fsp3) is 0.800. The Morgan fingerprint density at radius 3 is 1.62 bits per heavy atom. The van der Waals surface area contributed by atoms with Gasteiger partial charge in [-0.15, -0.1) is 0 Å². The molecule has 0 aromatic carbocycles. The first-order valence-corrected chi connectivity index (χ1v) is 3.30. The van der Waals surface area contributed by atoms with E-state index in [4.69, 9.17) is 0 Å². The lowest BCUT2D eigenvalue weighted by Crippen LogP contribution is -2.57. The lowest BCUT2D eigenvalue weighted by Gasteiger charge is -2.26. The van der Waals surface area contributed by atoms with Crippen LogP contribution in [0.1, 0.15) is 0 Å². The number of hydrogen-bond acceptors (Lipinski definition) is 1. The molecule has 0 aliphatic rings. The summed E-state index contributed by atoms with van der Waals surface area (Å²) in [6, 6.07) is 0. The average Bonchev–Trinajstić information content (AvgIpc) is 2.14. The molecule has 11 heteroatoms. The van der Waals surface area contributed by atoms with Crippen molar-refractivity contribution in [2.75, 3.05) is 0 Å². The number of amides is 1. The third-order valence-corrected chi connectivity index (χ3v) is 1.41. The summed E-state index contributed by atoms with van der Waals surface area (Å²) in [4.78, 5) is 9.87. The minimum Gasteiger partial charge on any atom is -0.262 e. The molecule has 0 spiro atoms. The number of nitrogens with zero attached hydrogens (tertiary/aromatic N) is 1. The molecule has 1 amide bonds. The van der Waals surface area contributed by atoms with E-state index < -0.39 is 35.7 Å². The number of hydrogen-bond donors (Lipinski definition) is 0. The second-order valence-corrected chi connectivity index (χ2v) is 2.47. The van der Waals surface area contributed by atoms with Crippen LogP contribution in [-0.2, 0) is 4.79 Å². The Kier molecular flexibility index (Phi) is 4.06. The maximum Gasteiger partial charge on any atom is 0.394 e. The zero-order valence-electron chi connectivity index (χ0n) is 6.91. The standard InChI is InChI=1S/C5H2F9NO/c6-1(2(7)8)4(9,10)5(11,12)3(16)15(13)14/h1-2H. The van der Waals surface area contributed by atoms with Gasteiger partial charge >= 0.3 is 17.8 Å². The number of carbonyl (C=O) groups is 1. The van der Waals surface area contributed by atoms with Gasteiger partial charge in [-0.2, -0.15) is 17.6 Å². The monoisotopic (exact) mass is 263 g/mol. The molecule has 0 aromatic heterocycles. The first-order valence-electron chi connectivity index (χ1n) is 3.30. The molecule has 0 saturated carbocycles. The van der Waals surface area contributed by atoms with Crippen LogP contribution in [0.5, 0.6) is 0 Å². The Labute approximate surface area is 81.5 Å². The van der Waals surface area contributed by atoms with Crippen LogP contribution in [0, 0.1) is 0 Å². The molecule has 1 atom stereocenters. The van der Waals surface area contributed by atoms with E-state index in [-0.39, 0.29) is 0 Å². The van der Waals surface area contributed by atoms with Gasteiger partial charge in [-0.3, -0.25) is 4.79 Å². The van der Waals surface area contributed by atoms with Crippen LogP contribution in [0.25, 0.3) is 0 Å². The second kappa shape index (κ2) is 4.37. The van der Waals surface area contributed by atoms with E-state index in [1.165, 1.54) is 0 Å². The SMILES string of the molecule is O=C(N(F)F)C(F)(F)C(F)(F)C(F)C(F)F. The number of halogens is 9. The summed E-state index contributed by atoms with van der Waals surface area (Å²) in [5.74, 6) is -16.3. The molecule has 16 heavy (non-hydrogen) atoms. The van der Waals surface area contributed by atoms with E-state index in [1.807, 2.05) is 0 Å². The topological polar surface area (TPSA) is 20.3 Å². The highest BCUT2D eigenvalue weighted by molar-refractivity contribution is 5.83. The maximum atomic E-state index is 12.3. The Bertz CT molecular complexity index is 265. The fourth-order valence-corrected chi connectivity index (χ4v) is 0.580. The highest BCUT2D eigenvalue weighted by atomic mass is 19.4. The van der Waals surface area contributed by atoms with Crippen LogP contribution < -0.4 is 0 Å². The van der Waals surface area contributed by atoms with Gasteiger partial charge in [0.05, 0.1) is 0 Å². The number of rotatable bonds is 4. The first kappa shape index (κ1) is 14.8. The molecule has 0 rings (SSSR count). The van der Waals surface area contributed by atoms with Crippen molar-refractivity contribution in [2.45, 2.75) is 24.4 Å². The third-order valence-electron chi connectivity index (χ3n) is 1.41. The van der Waals surface area contributed by atoms with Crippen LogP contribution in [0.4, 0.5) is 39.7 Å². The van der Waals surface area contributed by atoms with Crippen molar-refractivity contribution in [3.63, 3.8) is 0 Å². The molecule has 0 heterocycles. The highest BCUT2D eigenvalue weighted by Gasteiger charge is 2.70. The molecular weight excluding hydrogens is 261 g/mol. The summed E-state index contributed by atoms with van der Waals surface area (Å²) in [6.45, 7) is 0. The first-order chi connectivity index (χ1) is 6.96. The zero-order chi connectivity index (χ0) is 13.3. The van der Waals surface area contributed by atoms with E-state index in [0.29, 0.717) is 0 Å². The van der Waals surface area contributed by atoms with Gasteiger partial charge in [0.15, 0.2) is 0 Å². The van der Waals surface area contributed by atoms with E-state index in [0.717, 1.165) is 0 Å². The molecule has 96 valence electrons. The van der Waals surface area contributed by atoms with Crippen LogP contribution >= 0.6 is 0 Å². The fourth-order valence-electron chi connectivity index (χ4n) is 0.580. The normalized spacial score (nSPS) is 15.1. The molecular formula is C5H2F9NO. The van der Waals surface area contributed by atoms with E-state index in [1.54, 1.807) is 0 Å². The molecule has 2 nitrogen and oxygen atoms in total. The molecule has 0 saturated heterocycles. The Balaban J connectivity index is 5.20. The minimum atomic E-state index is -6.27. The molecule has 0 bridgehead atoms. The van der Waals surface area contributed by atoms with Crippen LogP contribution in [0.2, 0.25) is 0 Å². The minimum absolute atomic E-state index is 2.94. The van der Waals surface area contributed by atoms with E-state index >= 15 is 0 Å². The van der Waals surface area contributed by atoms with Crippen molar-refractivity contribution in [3.8, 4) is 0 Å². The molecule has 0 fully saturated rings. The van der Waals surface area contributed by atoms with Gasteiger partial charge in [-0.05, 0) is 0 Å². The number of carbonyl (C=O) groups excluding carboxylic acids is 1. The van der Waals surface area contributed by atoms with Crippen molar-refractivity contribution in [2.24, 2.45) is 0 Å². The van der Waals surface area contributed by atoms with Gasteiger partial charge in [0.25, 0.3) is 6.43 Å². The van der Waals surface area contributed by atoms with E-state index in [9.17, 15) is 44.5 Å². The summed E-state index contributed by atoms with van der Waals surface area (Å²) in [5, 5.41) is -2.94. The molecule has 0 aliphatic heterocycles. The Hall–Kier alpha value is -1.16. The van der Waals surface area contributed by atoms with Gasteiger partial charge in [0.2, 0.25) is 6.17 Å². The summed E-state index contributed by atoms with van der Waals surface area (Å²) in [5.41, 5.74) is 0. The Morgan fingerprint density at radius 2 is 1.38 bits per heavy atom. The van der Waals surface area contributed by atoms with Crippen molar-refractivity contribution >= 4 is 5.91 Å². The molecule has 0 aromatic rings. The second-order valence-electron chi connectivity index (χ2n) is 2.47. The predicted octanol–water partition coefficient (Wildman–Crippen LogP) is 2.46. The largest absolute Gasteiger partial charge is 0.394 e. The lowest BCUT2D eigenvalue weighted by atomic mass is 10.1. The van der Waals surface area contributed by atoms with Gasteiger partial charge in [-0.1, -0.05) is 8.96 Å². The smallest absolute Gasteiger partial charge is 0.262 e. The van der Waals surface area contributed by atoms with Crippen molar-refractivity contribution in [1.82, 2.24) is 5.34 Å². The molecule has 0 N–H and O–H groups in total. The van der Waals surface area contributed by atoms with Gasteiger partial charge in [-0.25, -0.2) is 13.2 Å². The summed E-state index contributed by atoms with van der Waals surface area (Å²) < 4.78 is 106. The van der Waals surface area contributed by atoms with Crippen molar-refractivity contribution in [3.05, 3.63) is 0 Å². The molecule has 1 unspecified atom stereocenters. The lowest BCUT2D eigenvalue weighted by molar-refractivity contribution is -0.274. The average molecular weight is 263 g/mol. The molecule has 0 radical (unpaired) electrons.